The summed E-state index contributed by atoms with van der Waals surface area (Å²) in [6.45, 7) is 1.09. The van der Waals surface area contributed by atoms with E-state index < -0.39 is 23.8 Å². The van der Waals surface area contributed by atoms with Crippen LogP contribution in [0.1, 0.15) is 56.7 Å². The molecule has 0 saturated carbocycles. The molecule has 6 rings (SSSR count). The third kappa shape index (κ3) is 7.44. The van der Waals surface area contributed by atoms with Gasteiger partial charge in [-0.1, -0.05) is 24.3 Å². The van der Waals surface area contributed by atoms with E-state index in [1.807, 2.05) is 12.1 Å². The van der Waals surface area contributed by atoms with Crippen LogP contribution < -0.4 is 20.7 Å². The molecular formula is C35H37F3N4O5. The molecule has 3 aromatic carbocycles. The number of fused-ring (bicyclic) bond motifs is 3. The molecule has 47 heavy (non-hydrogen) atoms. The van der Waals surface area contributed by atoms with Crippen LogP contribution in [0.2, 0.25) is 0 Å². The van der Waals surface area contributed by atoms with Gasteiger partial charge in [0.1, 0.15) is 18.5 Å². The van der Waals surface area contributed by atoms with Crippen molar-refractivity contribution in [1.82, 2.24) is 15.5 Å². The number of benzene rings is 3. The Morgan fingerprint density at radius 3 is 2.38 bits per heavy atom. The third-order valence-electron chi connectivity index (χ3n) is 9.02. The molecule has 248 valence electrons. The molecule has 2 aliphatic heterocycles. The highest BCUT2D eigenvalue weighted by Gasteiger charge is 2.41. The Hall–Kier alpha value is -4.42. The normalized spacial score (nSPS) is 21.1. The van der Waals surface area contributed by atoms with Gasteiger partial charge in [-0.15, -0.1) is 0 Å². The molecule has 0 unspecified atom stereocenters. The number of likely N-dealkylation sites (N-methyl/N-ethyl adjacent to an activating group) is 1. The van der Waals surface area contributed by atoms with E-state index in [0.29, 0.717) is 37.4 Å². The van der Waals surface area contributed by atoms with Crippen molar-refractivity contribution in [3.05, 3.63) is 94.5 Å². The lowest BCUT2D eigenvalue weighted by Crippen LogP contribution is -2.56. The highest BCUT2D eigenvalue weighted by Crippen LogP contribution is 2.34. The highest BCUT2D eigenvalue weighted by atomic mass is 19.4. The van der Waals surface area contributed by atoms with E-state index in [-0.39, 0.29) is 54.2 Å². The number of hydrogen-bond acceptors (Lipinski definition) is 6. The van der Waals surface area contributed by atoms with Crippen molar-refractivity contribution in [2.75, 3.05) is 32.1 Å². The summed E-state index contributed by atoms with van der Waals surface area (Å²) in [5, 5.41) is 8.92. The molecule has 3 atom stereocenters. The first-order chi connectivity index (χ1) is 22.6. The summed E-state index contributed by atoms with van der Waals surface area (Å²) >= 11 is 0. The molecule has 1 aliphatic carbocycles. The van der Waals surface area contributed by atoms with Gasteiger partial charge in [0.15, 0.2) is 0 Å². The fourth-order valence-electron chi connectivity index (χ4n) is 6.65. The second-order valence-corrected chi connectivity index (χ2v) is 12.2. The Labute approximate surface area is 270 Å². The van der Waals surface area contributed by atoms with Crippen molar-refractivity contribution >= 4 is 23.4 Å². The van der Waals surface area contributed by atoms with Crippen molar-refractivity contribution in [3.63, 3.8) is 0 Å². The number of amides is 3. The van der Waals surface area contributed by atoms with Crippen LogP contribution in [-0.4, -0.2) is 73.7 Å². The Morgan fingerprint density at radius 1 is 0.979 bits per heavy atom. The van der Waals surface area contributed by atoms with Crippen molar-refractivity contribution in [3.8, 4) is 5.75 Å². The molecule has 3 aliphatic rings. The van der Waals surface area contributed by atoms with Crippen molar-refractivity contribution in [2.45, 2.75) is 62.6 Å². The Bertz CT molecular complexity index is 1610. The van der Waals surface area contributed by atoms with Crippen LogP contribution in [0, 0.1) is 0 Å². The molecule has 2 heterocycles. The number of nitrogens with one attached hydrogen (secondary N) is 3. The number of alkyl halides is 3. The molecule has 3 aromatic rings. The van der Waals surface area contributed by atoms with E-state index in [9.17, 15) is 27.6 Å². The minimum atomic E-state index is -4.51. The Morgan fingerprint density at radius 2 is 1.70 bits per heavy atom. The fourth-order valence-corrected chi connectivity index (χ4v) is 6.65. The molecule has 1 saturated heterocycles. The first kappa shape index (κ1) is 32.5. The molecular weight excluding hydrogens is 613 g/mol. The van der Waals surface area contributed by atoms with Gasteiger partial charge in [-0.3, -0.25) is 14.4 Å². The van der Waals surface area contributed by atoms with Crippen LogP contribution in [0.4, 0.5) is 18.9 Å². The van der Waals surface area contributed by atoms with Gasteiger partial charge in [-0.05, 0) is 86.3 Å². The zero-order valence-electron chi connectivity index (χ0n) is 25.9. The van der Waals surface area contributed by atoms with Crippen LogP contribution in [0.3, 0.4) is 0 Å². The number of nitrogens with zero attached hydrogens (tertiary/aromatic N) is 1. The highest BCUT2D eigenvalue weighted by molar-refractivity contribution is 6.05. The zero-order chi connectivity index (χ0) is 33.1. The monoisotopic (exact) mass is 650 g/mol. The van der Waals surface area contributed by atoms with Gasteiger partial charge in [0.05, 0.1) is 29.7 Å². The second-order valence-electron chi connectivity index (χ2n) is 12.2. The van der Waals surface area contributed by atoms with E-state index >= 15 is 0 Å². The topological polar surface area (TPSA) is 109 Å². The quantitative estimate of drug-likeness (QED) is 0.329. The molecule has 1 fully saturated rings. The van der Waals surface area contributed by atoms with Crippen molar-refractivity contribution in [2.24, 2.45) is 0 Å². The first-order valence-electron chi connectivity index (χ1n) is 15.8. The summed E-state index contributed by atoms with van der Waals surface area (Å²) < 4.78 is 51.3. The molecule has 3 N–H and O–H groups in total. The molecule has 12 heteroatoms. The summed E-state index contributed by atoms with van der Waals surface area (Å²) in [7, 11) is 1.80. The van der Waals surface area contributed by atoms with Crippen LogP contribution in [0.5, 0.6) is 5.75 Å². The number of carbonyl (C=O) groups excluding carboxylic acids is 3. The molecule has 3 amide bonds. The van der Waals surface area contributed by atoms with Gasteiger partial charge in [0.2, 0.25) is 5.91 Å². The smallest absolute Gasteiger partial charge is 0.416 e. The predicted molar refractivity (Wildman–Crippen MR) is 168 cm³/mol. The molecule has 0 spiro atoms. The van der Waals surface area contributed by atoms with Gasteiger partial charge < -0.3 is 30.3 Å². The lowest BCUT2D eigenvalue weighted by molar-refractivity contribution is -0.137. The summed E-state index contributed by atoms with van der Waals surface area (Å²) in [5.74, 6) is -0.647. The number of hydrogen-bond donors (Lipinski definition) is 3. The van der Waals surface area contributed by atoms with E-state index in [0.717, 1.165) is 37.1 Å². The van der Waals surface area contributed by atoms with Crippen molar-refractivity contribution in [1.29, 1.82) is 0 Å². The van der Waals surface area contributed by atoms with Crippen LogP contribution in [0.15, 0.2) is 66.7 Å². The van der Waals surface area contributed by atoms with Crippen LogP contribution in [-0.2, 0) is 28.5 Å². The fraction of sp³-hybridized carbons (Fsp3) is 0.400. The summed E-state index contributed by atoms with van der Waals surface area (Å²) in [6.07, 6.45) is -2.21. The predicted octanol–water partition coefficient (Wildman–Crippen LogP) is 4.60. The zero-order valence-corrected chi connectivity index (χ0v) is 25.9. The minimum absolute atomic E-state index is 0.0433. The number of carbonyl (C=O) groups is 3. The maximum atomic E-state index is 14.0. The summed E-state index contributed by atoms with van der Waals surface area (Å²) in [4.78, 5) is 41.6. The van der Waals surface area contributed by atoms with Gasteiger partial charge in [0.25, 0.3) is 11.8 Å². The van der Waals surface area contributed by atoms with Crippen LogP contribution >= 0.6 is 0 Å². The van der Waals surface area contributed by atoms with Crippen LogP contribution in [0.25, 0.3) is 0 Å². The second kappa shape index (κ2) is 13.7. The average molecular weight is 651 g/mol. The third-order valence-corrected chi connectivity index (χ3v) is 9.02. The largest absolute Gasteiger partial charge is 0.490 e. The van der Waals surface area contributed by atoms with E-state index in [4.69, 9.17) is 9.47 Å². The van der Waals surface area contributed by atoms with Gasteiger partial charge in [0, 0.05) is 30.4 Å². The van der Waals surface area contributed by atoms with E-state index in [1.54, 1.807) is 24.1 Å². The number of rotatable bonds is 8. The molecule has 0 aromatic heterocycles. The molecule has 0 bridgehead atoms. The number of anilines is 1. The average Bonchev–Trinajstić information content (AvgIpc) is 3.46. The van der Waals surface area contributed by atoms with E-state index in [1.165, 1.54) is 17.2 Å². The maximum Gasteiger partial charge on any atom is 0.416 e. The molecule has 0 radical (unpaired) electrons. The Balaban J connectivity index is 1.12. The van der Waals surface area contributed by atoms with E-state index in [2.05, 4.69) is 28.1 Å². The minimum Gasteiger partial charge on any atom is -0.490 e. The van der Waals surface area contributed by atoms with Gasteiger partial charge in [-0.25, -0.2) is 0 Å². The number of ether oxygens (including phenoxy) is 2. The maximum absolute atomic E-state index is 14.0. The number of halogens is 3. The first-order valence-corrected chi connectivity index (χ1v) is 15.8. The SMILES string of the molecule is CNCCN1C(=O)c2cc(NC(=O)c3ccc(C(F)(F)F)cc3)ccc2OC[C@@H]2O[C@H](CC(=O)NC3Cc4ccccc4C3)CC[C@@H]21. The molecule has 9 nitrogen and oxygen atoms in total. The lowest BCUT2D eigenvalue weighted by atomic mass is 9.94. The summed E-state index contributed by atoms with van der Waals surface area (Å²) in [6, 6.07) is 16.6. The summed E-state index contributed by atoms with van der Waals surface area (Å²) in [5.41, 5.74) is 2.27. The standard InChI is InChI=1S/C35H37F3N4O5/c1-39-14-15-42-29-12-11-27(19-32(43)40-26-16-22-4-2-3-5-23(22)17-26)47-31(29)20-46-30-13-10-25(18-28(30)34(42)45)41-33(44)21-6-8-24(9-7-21)35(36,37)38/h2-10,13,18,26-27,29,31,39H,11-12,14-17,19-20H2,1H3,(H,40,43)(H,41,44)/t27-,29-,31-/m0/s1. The van der Waals surface area contributed by atoms with Gasteiger partial charge >= 0.3 is 6.18 Å². The lowest BCUT2D eigenvalue weighted by Gasteiger charge is -2.44. The van der Waals surface area contributed by atoms with Crippen molar-refractivity contribution < 1.29 is 37.0 Å². The Kier molecular flexibility index (Phi) is 9.51. The van der Waals surface area contributed by atoms with Gasteiger partial charge in [-0.2, -0.15) is 13.2 Å².